The van der Waals surface area contributed by atoms with Gasteiger partial charge in [-0.3, -0.25) is 4.79 Å². The van der Waals surface area contributed by atoms with Crippen LogP contribution in [0.5, 0.6) is 0 Å². The fraction of sp³-hybridized carbons (Fsp3) is 0.842. The number of carbonyl (C=O) groups excluding carboxylic acids is 1. The van der Waals surface area contributed by atoms with Crippen molar-refractivity contribution in [2.24, 2.45) is 22.7 Å². The first-order valence-corrected chi connectivity index (χ1v) is 8.88. The van der Waals surface area contributed by atoms with Crippen LogP contribution < -0.4 is 0 Å². The summed E-state index contributed by atoms with van der Waals surface area (Å²) < 4.78 is 0. The molecule has 3 N–H and O–H groups in total. The molecule has 130 valence electrons. The van der Waals surface area contributed by atoms with Gasteiger partial charge in [0.1, 0.15) is 11.9 Å². The van der Waals surface area contributed by atoms with Crippen molar-refractivity contribution in [2.75, 3.05) is 0 Å². The van der Waals surface area contributed by atoms with Crippen LogP contribution in [-0.2, 0) is 4.79 Å². The second-order valence-corrected chi connectivity index (χ2v) is 8.77. The van der Waals surface area contributed by atoms with E-state index in [1.54, 1.807) is 0 Å². The molecule has 0 aliphatic heterocycles. The molecule has 0 saturated heterocycles. The number of ketones is 1. The zero-order valence-electron chi connectivity index (χ0n) is 14.7. The van der Waals surface area contributed by atoms with Crippen LogP contribution in [-0.4, -0.2) is 39.4 Å². The number of hydrogen-bond donors (Lipinski definition) is 3. The molecule has 0 spiro atoms. The number of carbonyl (C=O) groups is 1. The minimum atomic E-state index is -1.01. The summed E-state index contributed by atoms with van der Waals surface area (Å²) in [5, 5.41) is 32.4. The number of hydrogen-bond acceptors (Lipinski definition) is 4. The lowest BCUT2D eigenvalue weighted by Crippen LogP contribution is -2.57. The molecule has 3 rings (SSSR count). The van der Waals surface area contributed by atoms with Crippen molar-refractivity contribution in [3.8, 4) is 0 Å². The van der Waals surface area contributed by atoms with Crippen molar-refractivity contribution in [1.82, 2.24) is 0 Å². The molecule has 3 aliphatic carbocycles. The molecule has 0 aromatic rings. The average molecular weight is 322 g/mol. The first-order valence-electron chi connectivity index (χ1n) is 8.88. The Bertz CT molecular complexity index is 550. The van der Waals surface area contributed by atoms with Gasteiger partial charge < -0.3 is 15.3 Å². The van der Waals surface area contributed by atoms with E-state index >= 15 is 0 Å². The van der Waals surface area contributed by atoms with E-state index in [0.717, 1.165) is 24.0 Å². The molecule has 6 atom stereocenters. The SMILES string of the molecule is CC1=C2[C@@H](O)[C@H](O)[C@]3(C)CCCC(=O)[C@H]3C[C@H](C[C@@H]1O)C2(C)C. The van der Waals surface area contributed by atoms with Crippen LogP contribution in [0.1, 0.15) is 59.8 Å². The van der Waals surface area contributed by atoms with Crippen LogP contribution in [0.15, 0.2) is 11.1 Å². The van der Waals surface area contributed by atoms with Gasteiger partial charge in [-0.1, -0.05) is 20.8 Å². The van der Waals surface area contributed by atoms with Crippen LogP contribution >= 0.6 is 0 Å². The van der Waals surface area contributed by atoms with Crippen molar-refractivity contribution >= 4 is 5.78 Å². The van der Waals surface area contributed by atoms with E-state index in [1.165, 1.54) is 0 Å². The molecule has 0 aromatic carbocycles. The van der Waals surface area contributed by atoms with Gasteiger partial charge in [-0.25, -0.2) is 0 Å². The summed E-state index contributed by atoms with van der Waals surface area (Å²) in [6.07, 6.45) is 0.876. The number of aliphatic hydroxyl groups excluding tert-OH is 3. The Morgan fingerprint density at radius 2 is 1.74 bits per heavy atom. The molecule has 2 saturated carbocycles. The first-order chi connectivity index (χ1) is 10.6. The van der Waals surface area contributed by atoms with Crippen LogP contribution in [0, 0.1) is 22.7 Å². The highest BCUT2D eigenvalue weighted by Gasteiger charge is 2.56. The lowest BCUT2D eigenvalue weighted by molar-refractivity contribution is -0.150. The van der Waals surface area contributed by atoms with Crippen LogP contribution in [0.4, 0.5) is 0 Å². The van der Waals surface area contributed by atoms with Crippen molar-refractivity contribution in [1.29, 1.82) is 0 Å². The molecule has 4 nitrogen and oxygen atoms in total. The maximum atomic E-state index is 12.6. The maximum Gasteiger partial charge on any atom is 0.136 e. The number of fused-ring (bicyclic) bond motifs is 3. The van der Waals surface area contributed by atoms with Gasteiger partial charge in [0, 0.05) is 17.8 Å². The summed E-state index contributed by atoms with van der Waals surface area (Å²) in [6.45, 7) is 7.98. The van der Waals surface area contributed by atoms with Gasteiger partial charge in [0.25, 0.3) is 0 Å². The minimum Gasteiger partial charge on any atom is -0.389 e. The molecule has 0 aromatic heterocycles. The van der Waals surface area contributed by atoms with Gasteiger partial charge >= 0.3 is 0 Å². The van der Waals surface area contributed by atoms with Crippen molar-refractivity contribution < 1.29 is 20.1 Å². The fourth-order valence-electron chi connectivity index (χ4n) is 5.57. The third-order valence-electron chi connectivity index (χ3n) is 7.26. The van der Waals surface area contributed by atoms with Gasteiger partial charge in [0.05, 0.1) is 12.2 Å². The van der Waals surface area contributed by atoms with E-state index in [0.29, 0.717) is 19.3 Å². The Morgan fingerprint density at radius 3 is 2.39 bits per heavy atom. The quantitative estimate of drug-likeness (QED) is 0.598. The molecular weight excluding hydrogens is 292 g/mol. The van der Waals surface area contributed by atoms with Gasteiger partial charge in [-0.15, -0.1) is 0 Å². The second kappa shape index (κ2) is 5.40. The maximum absolute atomic E-state index is 12.6. The largest absolute Gasteiger partial charge is 0.389 e. The van der Waals surface area contributed by atoms with E-state index in [1.807, 2.05) is 13.8 Å². The summed E-state index contributed by atoms with van der Waals surface area (Å²) >= 11 is 0. The zero-order valence-corrected chi connectivity index (χ0v) is 14.7. The lowest BCUT2D eigenvalue weighted by Gasteiger charge is -2.55. The molecule has 4 heteroatoms. The summed E-state index contributed by atoms with van der Waals surface area (Å²) in [5.41, 5.74) is 0.688. The summed E-state index contributed by atoms with van der Waals surface area (Å²) in [5.74, 6) is 0.132. The third kappa shape index (κ3) is 2.33. The monoisotopic (exact) mass is 322 g/mol. The van der Waals surface area contributed by atoms with Crippen LogP contribution in [0.2, 0.25) is 0 Å². The highest BCUT2D eigenvalue weighted by Crippen LogP contribution is 2.56. The number of rotatable bonds is 0. The van der Waals surface area contributed by atoms with Crippen molar-refractivity contribution in [2.45, 2.75) is 78.1 Å². The van der Waals surface area contributed by atoms with Crippen molar-refractivity contribution in [3.05, 3.63) is 11.1 Å². The molecule has 0 unspecified atom stereocenters. The molecule has 0 radical (unpaired) electrons. The Labute approximate surface area is 138 Å². The Kier molecular flexibility index (Phi) is 4.02. The summed E-state index contributed by atoms with van der Waals surface area (Å²) in [4.78, 5) is 12.6. The molecule has 2 fully saturated rings. The van der Waals surface area contributed by atoms with Gasteiger partial charge in [-0.05, 0) is 55.1 Å². The summed E-state index contributed by atoms with van der Waals surface area (Å²) in [6, 6.07) is 0. The third-order valence-corrected chi connectivity index (χ3v) is 7.26. The lowest BCUT2D eigenvalue weighted by atomic mass is 9.51. The van der Waals surface area contributed by atoms with Gasteiger partial charge in [0.15, 0.2) is 0 Å². The smallest absolute Gasteiger partial charge is 0.136 e. The molecule has 0 heterocycles. The predicted octanol–water partition coefficient (Wildman–Crippen LogP) is 2.21. The van der Waals surface area contributed by atoms with Crippen LogP contribution in [0.25, 0.3) is 0 Å². The highest BCUT2D eigenvalue weighted by atomic mass is 16.3. The van der Waals surface area contributed by atoms with Gasteiger partial charge in [0.2, 0.25) is 0 Å². The Balaban J connectivity index is 2.15. The normalized spacial score (nSPS) is 46.9. The topological polar surface area (TPSA) is 77.8 Å². The van der Waals surface area contributed by atoms with Gasteiger partial charge in [-0.2, -0.15) is 0 Å². The van der Waals surface area contributed by atoms with Crippen molar-refractivity contribution in [3.63, 3.8) is 0 Å². The van der Waals surface area contributed by atoms with E-state index in [-0.39, 0.29) is 23.0 Å². The van der Waals surface area contributed by atoms with E-state index in [9.17, 15) is 20.1 Å². The highest BCUT2D eigenvalue weighted by molar-refractivity contribution is 5.82. The second-order valence-electron chi connectivity index (χ2n) is 8.77. The molecule has 0 amide bonds. The van der Waals surface area contributed by atoms with E-state index in [2.05, 4.69) is 13.8 Å². The molecular formula is C19H30O4. The van der Waals surface area contributed by atoms with E-state index < -0.39 is 23.7 Å². The Hall–Kier alpha value is -0.710. The standard InChI is InChI=1S/C19H30O4/c1-10-14(21)9-11-8-12-13(20)6-5-7-19(12,4)17(23)16(22)15(10)18(11,2)3/h11-12,14,16-17,21-23H,5-9H2,1-4H3/t11-,12-,14+,16-,17+,19-/m1/s1. The average Bonchev–Trinajstić information content (AvgIpc) is 2.46. The summed E-state index contributed by atoms with van der Waals surface area (Å²) in [7, 11) is 0. The number of aliphatic hydroxyl groups is 3. The molecule has 3 aliphatic rings. The zero-order chi connectivity index (χ0) is 17.2. The molecule has 2 bridgehead atoms. The first kappa shape index (κ1) is 17.1. The minimum absolute atomic E-state index is 0.143. The molecule has 23 heavy (non-hydrogen) atoms. The van der Waals surface area contributed by atoms with Crippen LogP contribution in [0.3, 0.4) is 0 Å². The van der Waals surface area contributed by atoms with E-state index in [4.69, 9.17) is 0 Å². The number of Topliss-reactive ketones (excluding diaryl/α,β-unsaturated/α-hetero) is 1. The predicted molar refractivity (Wildman–Crippen MR) is 87.7 cm³/mol. The Morgan fingerprint density at radius 1 is 1.09 bits per heavy atom. The fourth-order valence-corrected chi connectivity index (χ4v) is 5.57.